The van der Waals surface area contributed by atoms with E-state index >= 15 is 0 Å². The Morgan fingerprint density at radius 1 is 0.586 bits per heavy atom. The first-order valence-electron chi connectivity index (χ1n) is 21.8. The molecule has 1 aliphatic rings. The number of nitrogens with one attached hydrogen (secondary N) is 1. The molecule has 7 rings (SSSR count). The average Bonchev–Trinajstić information content (AvgIpc) is 3.21. The lowest BCUT2D eigenvalue weighted by atomic mass is 9.82. The van der Waals surface area contributed by atoms with Gasteiger partial charge in [0.15, 0.2) is 0 Å². The standard InChI is InChI=1S/C54H65N3O/c1-10-30-56(53-38(5)32-36(3)33-39(53)6)44-24-20-42(21-25-44)52(43-22-26-45(27-23-43)57(31-11-2)54-40(7)34-37(4)35-41(54)8)48-28-29-49(47-17-13-12-16-46(47)48)55-50-18-14-15-19-51(50)58-9/h12-13,16-17,20-29,32-35,50-52,55H,10-11,14-15,18-19,30-31H2,1-9H3. The zero-order valence-corrected chi connectivity index (χ0v) is 36.6. The third kappa shape index (κ3) is 8.54. The third-order valence-electron chi connectivity index (χ3n) is 12.4. The van der Waals surface area contributed by atoms with E-state index in [1.54, 1.807) is 0 Å². The van der Waals surface area contributed by atoms with Gasteiger partial charge in [-0.2, -0.15) is 0 Å². The Kier molecular flexibility index (Phi) is 12.9. The van der Waals surface area contributed by atoms with Crippen molar-refractivity contribution in [3.05, 3.63) is 159 Å². The number of hydrogen-bond acceptors (Lipinski definition) is 4. The highest BCUT2D eigenvalue weighted by Gasteiger charge is 2.27. The molecular formula is C54H65N3O. The summed E-state index contributed by atoms with van der Waals surface area (Å²) in [4.78, 5) is 5.03. The third-order valence-corrected chi connectivity index (χ3v) is 12.4. The van der Waals surface area contributed by atoms with Crippen molar-refractivity contribution in [2.75, 3.05) is 35.3 Å². The largest absolute Gasteiger partial charge is 0.379 e. The van der Waals surface area contributed by atoms with Crippen LogP contribution in [0.1, 0.15) is 108 Å². The van der Waals surface area contributed by atoms with Crippen molar-refractivity contribution in [3.63, 3.8) is 0 Å². The first kappa shape index (κ1) is 41.1. The van der Waals surface area contributed by atoms with Crippen LogP contribution in [-0.2, 0) is 4.74 Å². The van der Waals surface area contributed by atoms with E-state index in [0.717, 1.165) is 38.8 Å². The number of benzene rings is 6. The van der Waals surface area contributed by atoms with Crippen molar-refractivity contribution in [1.82, 2.24) is 0 Å². The van der Waals surface area contributed by atoms with E-state index < -0.39 is 0 Å². The highest BCUT2D eigenvalue weighted by atomic mass is 16.5. The fourth-order valence-electron chi connectivity index (χ4n) is 10.1. The molecule has 6 aromatic carbocycles. The summed E-state index contributed by atoms with van der Waals surface area (Å²) in [6, 6.07) is 42.2. The van der Waals surface area contributed by atoms with Crippen LogP contribution in [0.3, 0.4) is 0 Å². The second kappa shape index (κ2) is 18.2. The fraction of sp³-hybridized carbons (Fsp3) is 0.370. The number of anilines is 5. The van der Waals surface area contributed by atoms with Crippen LogP contribution in [0.2, 0.25) is 0 Å². The van der Waals surface area contributed by atoms with Gasteiger partial charge >= 0.3 is 0 Å². The van der Waals surface area contributed by atoms with Crippen molar-refractivity contribution >= 4 is 39.2 Å². The Morgan fingerprint density at radius 2 is 1.05 bits per heavy atom. The van der Waals surface area contributed by atoms with Crippen LogP contribution in [0, 0.1) is 41.5 Å². The molecule has 1 N–H and O–H groups in total. The Hall–Kier alpha value is -5.06. The van der Waals surface area contributed by atoms with Gasteiger partial charge in [0.25, 0.3) is 0 Å². The first-order valence-corrected chi connectivity index (χ1v) is 21.8. The van der Waals surface area contributed by atoms with Gasteiger partial charge in [-0.1, -0.05) is 117 Å². The SMILES string of the molecule is CCCN(c1ccc(C(c2ccc(N(CCC)c3c(C)cc(C)cc3C)cc2)c2ccc(NC3CCCCC3OC)c3ccccc23)cc1)c1c(C)cc(C)cc1C. The first-order chi connectivity index (χ1) is 28.1. The van der Waals surface area contributed by atoms with Crippen molar-refractivity contribution in [1.29, 1.82) is 0 Å². The molecule has 58 heavy (non-hydrogen) atoms. The van der Waals surface area contributed by atoms with Crippen LogP contribution in [0.5, 0.6) is 0 Å². The van der Waals surface area contributed by atoms with E-state index in [4.69, 9.17) is 4.74 Å². The molecule has 1 saturated carbocycles. The van der Waals surface area contributed by atoms with Crippen molar-refractivity contribution in [2.45, 2.75) is 112 Å². The van der Waals surface area contributed by atoms with Crippen molar-refractivity contribution < 1.29 is 4.74 Å². The van der Waals surface area contributed by atoms with Crippen LogP contribution in [0.25, 0.3) is 10.8 Å². The predicted octanol–water partition coefficient (Wildman–Crippen LogP) is 14.3. The van der Waals surface area contributed by atoms with Crippen LogP contribution in [0.15, 0.2) is 109 Å². The molecule has 302 valence electrons. The Morgan fingerprint density at radius 3 is 1.52 bits per heavy atom. The smallest absolute Gasteiger partial charge is 0.0772 e. The van der Waals surface area contributed by atoms with Crippen molar-refractivity contribution in [3.8, 4) is 0 Å². The van der Waals surface area contributed by atoms with E-state index in [1.165, 1.54) is 102 Å². The number of fused-ring (bicyclic) bond motifs is 1. The molecule has 0 aromatic heterocycles. The zero-order chi connectivity index (χ0) is 40.9. The molecule has 0 saturated heterocycles. The molecule has 1 fully saturated rings. The summed E-state index contributed by atoms with van der Waals surface area (Å²) in [5.74, 6) is 0.0356. The van der Waals surface area contributed by atoms with Gasteiger partial charge in [-0.3, -0.25) is 0 Å². The maximum Gasteiger partial charge on any atom is 0.0772 e. The second-order valence-electron chi connectivity index (χ2n) is 17.0. The van der Waals surface area contributed by atoms with E-state index in [0.29, 0.717) is 6.04 Å². The van der Waals surface area contributed by atoms with Gasteiger partial charge < -0.3 is 19.9 Å². The molecule has 0 bridgehead atoms. The highest BCUT2D eigenvalue weighted by Crippen LogP contribution is 2.42. The van der Waals surface area contributed by atoms with Crippen LogP contribution < -0.4 is 15.1 Å². The number of methoxy groups -OCH3 is 1. The maximum atomic E-state index is 5.97. The molecule has 0 aliphatic heterocycles. The molecule has 0 spiro atoms. The van der Waals surface area contributed by atoms with E-state index in [1.807, 2.05) is 7.11 Å². The second-order valence-corrected chi connectivity index (χ2v) is 17.0. The predicted molar refractivity (Wildman–Crippen MR) is 250 cm³/mol. The van der Waals surface area contributed by atoms with Crippen molar-refractivity contribution in [2.24, 2.45) is 0 Å². The normalized spacial score (nSPS) is 15.6. The monoisotopic (exact) mass is 772 g/mol. The summed E-state index contributed by atoms with van der Waals surface area (Å²) in [7, 11) is 1.86. The number of nitrogens with zero attached hydrogens (tertiary/aromatic N) is 2. The number of aryl methyl sites for hydroxylation is 6. The molecule has 1 aliphatic carbocycles. The zero-order valence-electron chi connectivity index (χ0n) is 36.6. The summed E-state index contributed by atoms with van der Waals surface area (Å²) >= 11 is 0. The fourth-order valence-corrected chi connectivity index (χ4v) is 10.1. The summed E-state index contributed by atoms with van der Waals surface area (Å²) in [6.45, 7) is 19.9. The molecule has 2 atom stereocenters. The molecule has 0 radical (unpaired) electrons. The average molecular weight is 772 g/mol. The van der Waals surface area contributed by atoms with Crippen LogP contribution >= 0.6 is 0 Å². The van der Waals surface area contributed by atoms with Gasteiger partial charge in [-0.05, 0) is 142 Å². The molecule has 0 heterocycles. The summed E-state index contributed by atoms with van der Waals surface area (Å²) < 4.78 is 5.97. The minimum atomic E-state index is 0.0356. The molecular weight excluding hydrogens is 707 g/mol. The molecule has 4 heteroatoms. The number of rotatable bonds is 14. The van der Waals surface area contributed by atoms with E-state index in [9.17, 15) is 0 Å². The summed E-state index contributed by atoms with van der Waals surface area (Å²) in [6.07, 6.45) is 7.07. The molecule has 6 aromatic rings. The Balaban J connectivity index is 1.34. The lowest BCUT2D eigenvalue weighted by Gasteiger charge is -2.32. The van der Waals surface area contributed by atoms with Gasteiger partial charge in [0.05, 0.1) is 12.1 Å². The van der Waals surface area contributed by atoms with Gasteiger partial charge in [0.2, 0.25) is 0 Å². The maximum absolute atomic E-state index is 5.97. The lowest BCUT2D eigenvalue weighted by Crippen LogP contribution is -2.37. The van der Waals surface area contributed by atoms with E-state index in [2.05, 4.69) is 180 Å². The van der Waals surface area contributed by atoms with E-state index in [-0.39, 0.29) is 12.0 Å². The quantitative estimate of drug-likeness (QED) is 0.112. The highest BCUT2D eigenvalue weighted by molar-refractivity contribution is 5.97. The van der Waals surface area contributed by atoms with Gasteiger partial charge in [-0.25, -0.2) is 0 Å². The molecule has 0 amide bonds. The lowest BCUT2D eigenvalue weighted by molar-refractivity contribution is 0.0606. The summed E-state index contributed by atoms with van der Waals surface area (Å²) in [5.41, 5.74) is 18.1. The van der Waals surface area contributed by atoms with Crippen LogP contribution in [-0.4, -0.2) is 32.3 Å². The topological polar surface area (TPSA) is 27.7 Å². The number of ether oxygens (including phenoxy) is 1. The molecule has 2 unspecified atom stereocenters. The van der Waals surface area contributed by atoms with Crippen LogP contribution in [0.4, 0.5) is 28.4 Å². The summed E-state index contributed by atoms with van der Waals surface area (Å²) in [5, 5.41) is 6.50. The van der Waals surface area contributed by atoms with Gasteiger partial charge in [-0.15, -0.1) is 0 Å². The Bertz CT molecular complexity index is 2170. The van der Waals surface area contributed by atoms with Gasteiger partial charge in [0.1, 0.15) is 0 Å². The minimum absolute atomic E-state index is 0.0356. The number of hydrogen-bond donors (Lipinski definition) is 1. The Labute approximate surface area is 349 Å². The van der Waals surface area contributed by atoms with Gasteiger partial charge in [0, 0.05) is 59.9 Å². The minimum Gasteiger partial charge on any atom is -0.379 e. The molecule has 4 nitrogen and oxygen atoms in total.